The van der Waals surface area contributed by atoms with Crippen LogP contribution in [0.4, 0.5) is 5.82 Å². The van der Waals surface area contributed by atoms with Crippen LogP contribution in [-0.4, -0.2) is 42.8 Å². The van der Waals surface area contributed by atoms with Gasteiger partial charge >= 0.3 is 0 Å². The summed E-state index contributed by atoms with van der Waals surface area (Å²) in [5.74, 6) is 0.919. The van der Waals surface area contributed by atoms with Crippen molar-refractivity contribution in [2.75, 3.05) is 38.2 Å². The lowest BCUT2D eigenvalue weighted by molar-refractivity contribution is -0.909. The molecule has 3 aromatic rings. The molecular formula is C18H21N4OS+. The highest BCUT2D eigenvalue weighted by atomic mass is 32.1. The van der Waals surface area contributed by atoms with E-state index in [2.05, 4.69) is 57.1 Å². The smallest absolute Gasteiger partial charge is 0.138 e. The maximum Gasteiger partial charge on any atom is 0.138 e. The van der Waals surface area contributed by atoms with E-state index in [4.69, 9.17) is 4.74 Å². The fourth-order valence-corrected chi connectivity index (χ4v) is 3.89. The van der Waals surface area contributed by atoms with E-state index in [9.17, 15) is 0 Å². The quantitative estimate of drug-likeness (QED) is 0.742. The second-order valence-corrected chi connectivity index (χ2v) is 6.93. The molecule has 1 aromatic carbocycles. The van der Waals surface area contributed by atoms with Gasteiger partial charge in [0, 0.05) is 0 Å². The maximum absolute atomic E-state index is 5.49. The minimum atomic E-state index is 0.220. The van der Waals surface area contributed by atoms with Crippen LogP contribution < -0.4 is 10.2 Å². The first-order valence-corrected chi connectivity index (χ1v) is 9.19. The second-order valence-electron chi connectivity index (χ2n) is 6.04. The number of hydrogen-bond donors (Lipinski definition) is 2. The third kappa shape index (κ3) is 3.40. The molecule has 0 spiro atoms. The standard InChI is InChI=1S/C18H20N4OS/c1-2-4-14(5-3-1)16(12-22-7-9-23-10-8-22)21-17-15-6-11-24-18(15)20-13-19-17/h1-6,11,13,16H,7-10,12H2,(H,19,20,21)/p+1/t16-/m1/s1. The molecule has 0 amide bonds. The van der Waals surface area contributed by atoms with Crippen molar-refractivity contribution in [3.63, 3.8) is 0 Å². The largest absolute Gasteiger partial charge is 0.370 e. The Morgan fingerprint density at radius 1 is 1.12 bits per heavy atom. The van der Waals surface area contributed by atoms with Gasteiger partial charge in [0.15, 0.2) is 0 Å². The van der Waals surface area contributed by atoms with E-state index in [1.54, 1.807) is 22.6 Å². The summed E-state index contributed by atoms with van der Waals surface area (Å²) in [5.41, 5.74) is 1.29. The van der Waals surface area contributed by atoms with Gasteiger partial charge in [-0.3, -0.25) is 0 Å². The Labute approximate surface area is 145 Å². The summed E-state index contributed by atoms with van der Waals surface area (Å²) in [4.78, 5) is 11.4. The van der Waals surface area contributed by atoms with Crippen LogP contribution in [0.15, 0.2) is 48.1 Å². The summed E-state index contributed by atoms with van der Waals surface area (Å²) < 4.78 is 5.49. The summed E-state index contributed by atoms with van der Waals surface area (Å²) in [6, 6.07) is 12.9. The molecule has 1 aliphatic rings. The van der Waals surface area contributed by atoms with E-state index in [0.717, 1.165) is 48.9 Å². The summed E-state index contributed by atoms with van der Waals surface area (Å²) >= 11 is 1.65. The fourth-order valence-electron chi connectivity index (χ4n) is 3.16. The van der Waals surface area contributed by atoms with Crippen LogP contribution in [-0.2, 0) is 4.74 Å². The molecule has 0 saturated carbocycles. The average Bonchev–Trinajstić information content (AvgIpc) is 3.13. The average molecular weight is 341 g/mol. The van der Waals surface area contributed by atoms with Gasteiger partial charge in [-0.2, -0.15) is 0 Å². The number of ether oxygens (including phenoxy) is 1. The number of nitrogens with zero attached hydrogens (tertiary/aromatic N) is 2. The van der Waals surface area contributed by atoms with Gasteiger partial charge < -0.3 is 15.0 Å². The van der Waals surface area contributed by atoms with E-state index < -0.39 is 0 Å². The molecule has 6 heteroatoms. The van der Waals surface area contributed by atoms with Crippen molar-refractivity contribution in [2.45, 2.75) is 6.04 Å². The second kappa shape index (κ2) is 7.25. The lowest BCUT2D eigenvalue weighted by atomic mass is 10.1. The number of anilines is 1. The molecule has 0 aliphatic carbocycles. The molecule has 2 N–H and O–H groups in total. The lowest BCUT2D eigenvalue weighted by Crippen LogP contribution is -3.14. The molecule has 124 valence electrons. The van der Waals surface area contributed by atoms with E-state index in [1.807, 2.05) is 0 Å². The first-order valence-electron chi connectivity index (χ1n) is 8.31. The van der Waals surface area contributed by atoms with Crippen molar-refractivity contribution in [1.82, 2.24) is 9.97 Å². The van der Waals surface area contributed by atoms with Gasteiger partial charge in [0.05, 0.1) is 18.6 Å². The van der Waals surface area contributed by atoms with Gasteiger partial charge in [-0.05, 0) is 17.0 Å². The highest BCUT2D eigenvalue weighted by molar-refractivity contribution is 7.16. The zero-order valence-electron chi connectivity index (χ0n) is 13.4. The van der Waals surface area contributed by atoms with Crippen molar-refractivity contribution >= 4 is 27.4 Å². The van der Waals surface area contributed by atoms with Gasteiger partial charge in [-0.25, -0.2) is 9.97 Å². The minimum Gasteiger partial charge on any atom is -0.370 e. The van der Waals surface area contributed by atoms with Crippen LogP contribution >= 0.6 is 11.3 Å². The zero-order chi connectivity index (χ0) is 16.2. The minimum absolute atomic E-state index is 0.220. The number of fused-ring (bicyclic) bond motifs is 1. The number of aromatic nitrogens is 2. The number of nitrogens with one attached hydrogen (secondary N) is 2. The first-order chi connectivity index (χ1) is 11.9. The number of thiophene rings is 1. The molecular weight excluding hydrogens is 320 g/mol. The maximum atomic E-state index is 5.49. The molecule has 1 saturated heterocycles. The Hall–Kier alpha value is -2.02. The lowest BCUT2D eigenvalue weighted by Gasteiger charge is -2.28. The Bertz CT molecular complexity index is 786. The first kappa shape index (κ1) is 15.5. The van der Waals surface area contributed by atoms with Crippen molar-refractivity contribution in [3.05, 3.63) is 53.7 Å². The number of benzene rings is 1. The van der Waals surface area contributed by atoms with Crippen LogP contribution in [0.25, 0.3) is 10.2 Å². The van der Waals surface area contributed by atoms with Crippen molar-refractivity contribution < 1.29 is 9.64 Å². The molecule has 0 bridgehead atoms. The van der Waals surface area contributed by atoms with Crippen molar-refractivity contribution in [1.29, 1.82) is 0 Å². The monoisotopic (exact) mass is 341 g/mol. The molecule has 1 atom stereocenters. The Morgan fingerprint density at radius 3 is 2.79 bits per heavy atom. The number of rotatable bonds is 5. The van der Waals surface area contributed by atoms with Gasteiger partial charge in [0.25, 0.3) is 0 Å². The number of quaternary nitrogens is 1. The Kier molecular flexibility index (Phi) is 4.69. The van der Waals surface area contributed by atoms with Crippen LogP contribution in [0.1, 0.15) is 11.6 Å². The molecule has 24 heavy (non-hydrogen) atoms. The van der Waals surface area contributed by atoms with Crippen LogP contribution in [0.3, 0.4) is 0 Å². The molecule has 4 rings (SSSR count). The molecule has 0 unspecified atom stereocenters. The molecule has 0 radical (unpaired) electrons. The summed E-state index contributed by atoms with van der Waals surface area (Å²) in [5, 5.41) is 6.83. The predicted octanol–water partition coefficient (Wildman–Crippen LogP) is 1.76. The van der Waals surface area contributed by atoms with E-state index in [-0.39, 0.29) is 6.04 Å². The summed E-state index contributed by atoms with van der Waals surface area (Å²) in [7, 11) is 0. The third-order valence-electron chi connectivity index (χ3n) is 4.47. The van der Waals surface area contributed by atoms with Crippen LogP contribution in [0, 0.1) is 0 Å². The number of morpholine rings is 1. The molecule has 3 heterocycles. The highest BCUT2D eigenvalue weighted by Gasteiger charge is 2.22. The SMILES string of the molecule is c1ccc([C@@H](C[NH+]2CCOCC2)Nc2ncnc3sccc23)cc1. The van der Waals surface area contributed by atoms with Crippen LogP contribution in [0.2, 0.25) is 0 Å². The molecule has 2 aromatic heterocycles. The zero-order valence-corrected chi connectivity index (χ0v) is 14.3. The van der Waals surface area contributed by atoms with Crippen molar-refractivity contribution in [3.8, 4) is 0 Å². The van der Waals surface area contributed by atoms with E-state index in [0.29, 0.717) is 0 Å². The van der Waals surface area contributed by atoms with E-state index >= 15 is 0 Å². The Balaban J connectivity index is 1.61. The third-order valence-corrected chi connectivity index (χ3v) is 5.29. The van der Waals surface area contributed by atoms with Gasteiger partial charge in [0.2, 0.25) is 0 Å². The molecule has 1 aliphatic heterocycles. The molecule has 5 nitrogen and oxygen atoms in total. The highest BCUT2D eigenvalue weighted by Crippen LogP contribution is 2.26. The fraction of sp³-hybridized carbons (Fsp3) is 0.333. The topological polar surface area (TPSA) is 51.5 Å². The normalized spacial score (nSPS) is 17.0. The van der Waals surface area contributed by atoms with E-state index in [1.165, 1.54) is 5.56 Å². The number of hydrogen-bond acceptors (Lipinski definition) is 5. The van der Waals surface area contributed by atoms with Gasteiger partial charge in [-0.1, -0.05) is 30.3 Å². The van der Waals surface area contributed by atoms with Gasteiger partial charge in [-0.15, -0.1) is 11.3 Å². The summed E-state index contributed by atoms with van der Waals surface area (Å²) in [6.07, 6.45) is 1.64. The predicted molar refractivity (Wildman–Crippen MR) is 96.6 cm³/mol. The van der Waals surface area contributed by atoms with Crippen LogP contribution in [0.5, 0.6) is 0 Å². The van der Waals surface area contributed by atoms with Gasteiger partial charge in [0.1, 0.15) is 42.7 Å². The Morgan fingerprint density at radius 2 is 1.96 bits per heavy atom. The summed E-state index contributed by atoms with van der Waals surface area (Å²) in [6.45, 7) is 4.83. The van der Waals surface area contributed by atoms with Crippen molar-refractivity contribution in [2.24, 2.45) is 0 Å². The molecule has 1 fully saturated rings.